The summed E-state index contributed by atoms with van der Waals surface area (Å²) in [4.78, 5) is 1.87. The van der Waals surface area contributed by atoms with Gasteiger partial charge in [-0.2, -0.15) is 0 Å². The van der Waals surface area contributed by atoms with Gasteiger partial charge in [0.1, 0.15) is 0 Å². The lowest BCUT2D eigenvalue weighted by atomic mass is 9.84. The van der Waals surface area contributed by atoms with Crippen molar-refractivity contribution in [3.05, 3.63) is 29.6 Å². The second-order valence-electron chi connectivity index (χ2n) is 6.74. The molecule has 0 aliphatic carbocycles. The maximum atomic E-state index is 14.1. The lowest BCUT2D eigenvalue weighted by Gasteiger charge is -2.46. The van der Waals surface area contributed by atoms with Crippen LogP contribution in [0.3, 0.4) is 0 Å². The lowest BCUT2D eigenvalue weighted by molar-refractivity contribution is 0.232. The first-order chi connectivity index (χ1) is 9.75. The number of nitrogens with zero attached hydrogens (tertiary/aromatic N) is 1. The number of rotatable bonds is 2. The second kappa shape index (κ2) is 5.87. The minimum absolute atomic E-state index is 0.00596. The molecular formula is C16H23F3N2. The molecule has 2 unspecified atom stereocenters. The van der Waals surface area contributed by atoms with Crippen LogP contribution in [0.25, 0.3) is 0 Å². The van der Waals surface area contributed by atoms with Crippen molar-refractivity contribution in [2.45, 2.75) is 46.2 Å². The van der Waals surface area contributed by atoms with Gasteiger partial charge in [0, 0.05) is 25.2 Å². The summed E-state index contributed by atoms with van der Waals surface area (Å²) in [6.45, 7) is 9.61. The van der Waals surface area contributed by atoms with E-state index in [1.807, 2.05) is 11.8 Å². The summed E-state index contributed by atoms with van der Waals surface area (Å²) >= 11 is 0. The monoisotopic (exact) mass is 300 g/mol. The minimum Gasteiger partial charge on any atom is -0.363 e. The Kier molecular flexibility index (Phi) is 4.51. The third kappa shape index (κ3) is 3.18. The SMILES string of the molecule is CCC1CNC(C(C)(C)C)CN1c1ccc(F)c(F)c1F. The molecule has 1 aromatic carbocycles. The minimum atomic E-state index is -1.40. The van der Waals surface area contributed by atoms with Crippen LogP contribution >= 0.6 is 0 Å². The zero-order valence-electron chi connectivity index (χ0n) is 13.0. The van der Waals surface area contributed by atoms with Crippen molar-refractivity contribution in [2.24, 2.45) is 5.41 Å². The average Bonchev–Trinajstić information content (AvgIpc) is 2.43. The van der Waals surface area contributed by atoms with Gasteiger partial charge in [-0.05, 0) is 24.0 Å². The summed E-state index contributed by atoms with van der Waals surface area (Å²) in [5, 5.41) is 3.47. The molecule has 0 radical (unpaired) electrons. The Hall–Kier alpha value is -1.23. The zero-order valence-corrected chi connectivity index (χ0v) is 13.0. The van der Waals surface area contributed by atoms with Gasteiger partial charge >= 0.3 is 0 Å². The van der Waals surface area contributed by atoms with Crippen LogP contribution in [0.2, 0.25) is 0 Å². The summed E-state index contributed by atoms with van der Waals surface area (Å²) in [5.74, 6) is -3.64. The highest BCUT2D eigenvalue weighted by Crippen LogP contribution is 2.31. The molecule has 0 bridgehead atoms. The van der Waals surface area contributed by atoms with Crippen LogP contribution in [0, 0.1) is 22.9 Å². The summed E-state index contributed by atoms with van der Waals surface area (Å²) in [7, 11) is 0. The van der Waals surface area contributed by atoms with E-state index in [0.29, 0.717) is 13.1 Å². The van der Waals surface area contributed by atoms with E-state index in [-0.39, 0.29) is 23.2 Å². The topological polar surface area (TPSA) is 15.3 Å². The summed E-state index contributed by atoms with van der Waals surface area (Å²) in [6, 6.07) is 2.56. The molecule has 1 saturated heterocycles. The quantitative estimate of drug-likeness (QED) is 0.838. The standard InChI is InChI=1S/C16H23F3N2/c1-5-10-8-20-13(16(2,3)4)9-21(10)12-7-6-11(17)14(18)15(12)19/h6-7,10,13,20H,5,8-9H2,1-4H3. The van der Waals surface area contributed by atoms with Crippen LogP contribution in [-0.2, 0) is 0 Å². The van der Waals surface area contributed by atoms with E-state index in [9.17, 15) is 13.2 Å². The van der Waals surface area contributed by atoms with E-state index >= 15 is 0 Å². The normalized spacial score (nSPS) is 23.5. The fourth-order valence-electron chi connectivity index (χ4n) is 2.78. The average molecular weight is 300 g/mol. The van der Waals surface area contributed by atoms with Crippen molar-refractivity contribution in [3.63, 3.8) is 0 Å². The number of hydrogen-bond acceptors (Lipinski definition) is 2. The molecule has 0 aromatic heterocycles. The highest BCUT2D eigenvalue weighted by Gasteiger charge is 2.35. The first-order valence-electron chi connectivity index (χ1n) is 7.39. The molecule has 21 heavy (non-hydrogen) atoms. The molecule has 1 heterocycles. The third-order valence-electron chi connectivity index (χ3n) is 4.26. The van der Waals surface area contributed by atoms with Crippen LogP contribution in [0.4, 0.5) is 18.9 Å². The van der Waals surface area contributed by atoms with Crippen molar-refractivity contribution in [1.29, 1.82) is 0 Å². The van der Waals surface area contributed by atoms with Gasteiger partial charge in [-0.3, -0.25) is 0 Å². The molecule has 2 atom stereocenters. The van der Waals surface area contributed by atoms with E-state index in [0.717, 1.165) is 12.5 Å². The maximum Gasteiger partial charge on any atom is 0.196 e. The Bertz CT molecular complexity index is 511. The predicted octanol–water partition coefficient (Wildman–Crippen LogP) is 3.71. The van der Waals surface area contributed by atoms with Crippen LogP contribution in [0.1, 0.15) is 34.1 Å². The Balaban J connectivity index is 2.36. The van der Waals surface area contributed by atoms with E-state index in [2.05, 4.69) is 26.1 Å². The number of hydrogen-bond donors (Lipinski definition) is 1. The number of anilines is 1. The fraction of sp³-hybridized carbons (Fsp3) is 0.625. The zero-order chi connectivity index (χ0) is 15.8. The first-order valence-corrected chi connectivity index (χ1v) is 7.39. The Morgan fingerprint density at radius 3 is 2.43 bits per heavy atom. The maximum absolute atomic E-state index is 14.1. The number of nitrogens with one attached hydrogen (secondary N) is 1. The molecule has 1 fully saturated rings. The number of benzene rings is 1. The van der Waals surface area contributed by atoms with Crippen LogP contribution in [0.5, 0.6) is 0 Å². The number of piperazine rings is 1. The first kappa shape index (κ1) is 16.1. The number of halogens is 3. The van der Waals surface area contributed by atoms with Crippen LogP contribution < -0.4 is 10.2 Å². The largest absolute Gasteiger partial charge is 0.363 e. The van der Waals surface area contributed by atoms with Gasteiger partial charge in [-0.15, -0.1) is 0 Å². The van der Waals surface area contributed by atoms with Gasteiger partial charge < -0.3 is 10.2 Å². The summed E-state index contributed by atoms with van der Waals surface area (Å²) in [6.07, 6.45) is 0.808. The van der Waals surface area contributed by atoms with Crippen molar-refractivity contribution < 1.29 is 13.2 Å². The molecule has 0 amide bonds. The van der Waals surface area contributed by atoms with E-state index < -0.39 is 17.5 Å². The lowest BCUT2D eigenvalue weighted by Crippen LogP contribution is -2.60. The van der Waals surface area contributed by atoms with Crippen LogP contribution in [0.15, 0.2) is 12.1 Å². The fourth-order valence-corrected chi connectivity index (χ4v) is 2.78. The molecule has 118 valence electrons. The van der Waals surface area contributed by atoms with E-state index in [4.69, 9.17) is 0 Å². The van der Waals surface area contributed by atoms with E-state index in [1.165, 1.54) is 6.07 Å². The molecule has 1 aromatic rings. The Morgan fingerprint density at radius 2 is 1.86 bits per heavy atom. The van der Waals surface area contributed by atoms with Gasteiger partial charge in [0.2, 0.25) is 0 Å². The summed E-state index contributed by atoms with van der Waals surface area (Å²) < 4.78 is 40.7. The molecular weight excluding hydrogens is 277 g/mol. The highest BCUT2D eigenvalue weighted by atomic mass is 19.2. The second-order valence-corrected chi connectivity index (χ2v) is 6.74. The Labute approximate surface area is 124 Å². The summed E-state index contributed by atoms with van der Waals surface area (Å²) in [5.41, 5.74) is 0.156. The van der Waals surface area contributed by atoms with Gasteiger partial charge in [0.05, 0.1) is 5.69 Å². The molecule has 1 aliphatic heterocycles. The molecule has 0 spiro atoms. The molecule has 2 nitrogen and oxygen atoms in total. The molecule has 0 saturated carbocycles. The van der Waals surface area contributed by atoms with Crippen molar-refractivity contribution in [2.75, 3.05) is 18.0 Å². The predicted molar refractivity (Wildman–Crippen MR) is 79.0 cm³/mol. The van der Waals surface area contributed by atoms with Crippen molar-refractivity contribution in [1.82, 2.24) is 5.32 Å². The molecule has 1 N–H and O–H groups in total. The van der Waals surface area contributed by atoms with Crippen LogP contribution in [-0.4, -0.2) is 25.2 Å². The van der Waals surface area contributed by atoms with Gasteiger partial charge in [-0.25, -0.2) is 13.2 Å². The van der Waals surface area contributed by atoms with Crippen molar-refractivity contribution in [3.8, 4) is 0 Å². The third-order valence-corrected chi connectivity index (χ3v) is 4.26. The van der Waals surface area contributed by atoms with Gasteiger partial charge in [0.15, 0.2) is 17.5 Å². The molecule has 1 aliphatic rings. The van der Waals surface area contributed by atoms with Gasteiger partial charge in [-0.1, -0.05) is 27.7 Å². The van der Waals surface area contributed by atoms with Crippen molar-refractivity contribution >= 4 is 5.69 Å². The highest BCUT2D eigenvalue weighted by molar-refractivity contribution is 5.50. The van der Waals surface area contributed by atoms with E-state index in [1.54, 1.807) is 0 Å². The Morgan fingerprint density at radius 1 is 1.19 bits per heavy atom. The molecule has 5 heteroatoms. The molecule has 2 rings (SSSR count). The van der Waals surface area contributed by atoms with Gasteiger partial charge in [0.25, 0.3) is 0 Å². The smallest absolute Gasteiger partial charge is 0.196 e.